The smallest absolute Gasteiger partial charge is 0.255 e. The molecule has 3 aliphatic rings. The summed E-state index contributed by atoms with van der Waals surface area (Å²) in [5, 5.41) is 2.29. The number of amides is 3. The predicted molar refractivity (Wildman–Crippen MR) is 149 cm³/mol. The molecule has 3 amide bonds. The fourth-order valence-electron chi connectivity index (χ4n) is 5.61. The van der Waals surface area contributed by atoms with Gasteiger partial charge < -0.3 is 14.5 Å². The average Bonchev–Trinajstić information content (AvgIpc) is 3.29. The van der Waals surface area contributed by atoms with Gasteiger partial charge in [-0.2, -0.15) is 0 Å². The lowest BCUT2D eigenvalue weighted by molar-refractivity contribution is -0.136. The van der Waals surface area contributed by atoms with Crippen molar-refractivity contribution in [3.8, 4) is 11.5 Å². The van der Waals surface area contributed by atoms with Gasteiger partial charge in [0.05, 0.1) is 12.3 Å². The van der Waals surface area contributed by atoms with Crippen molar-refractivity contribution >= 4 is 29.1 Å². The maximum Gasteiger partial charge on any atom is 0.255 e. The number of benzene rings is 3. The number of nitrogens with one attached hydrogen (secondary N) is 1. The highest BCUT2D eigenvalue weighted by Crippen LogP contribution is 2.33. The number of carbonyl (C=O) groups is 3. The molecule has 0 aliphatic carbocycles. The first-order valence-electron chi connectivity index (χ1n) is 13.6. The molecule has 9 nitrogen and oxygen atoms in total. The summed E-state index contributed by atoms with van der Waals surface area (Å²) < 4.78 is 21.1. The number of piperazine rings is 1. The molecule has 208 valence electrons. The van der Waals surface area contributed by atoms with Gasteiger partial charge in [0, 0.05) is 51.3 Å². The Morgan fingerprint density at radius 2 is 1.63 bits per heavy atom. The van der Waals surface area contributed by atoms with E-state index in [-0.39, 0.29) is 36.8 Å². The predicted octanol–water partition coefficient (Wildman–Crippen LogP) is 4.25. The topological polar surface area (TPSA) is 86.6 Å². The first kappa shape index (κ1) is 26.5. The largest absolute Gasteiger partial charge is 0.457 e. The average molecular weight is 554 g/mol. The van der Waals surface area contributed by atoms with Crippen molar-refractivity contribution in [2.45, 2.75) is 32.0 Å². The van der Waals surface area contributed by atoms with Crippen LogP contribution in [0.1, 0.15) is 34.3 Å². The molecule has 3 aromatic carbocycles. The van der Waals surface area contributed by atoms with E-state index in [2.05, 4.69) is 15.1 Å². The normalized spacial score (nSPS) is 19.1. The van der Waals surface area contributed by atoms with Crippen LogP contribution in [0.4, 0.5) is 15.8 Å². The third-order valence-corrected chi connectivity index (χ3v) is 7.83. The Kier molecular flexibility index (Phi) is 7.12. The minimum atomic E-state index is -0.722. The summed E-state index contributed by atoms with van der Waals surface area (Å²) in [5.74, 6) is -0.249. The van der Waals surface area contributed by atoms with E-state index in [1.165, 1.54) is 11.0 Å². The first-order chi connectivity index (χ1) is 19.9. The van der Waals surface area contributed by atoms with Crippen LogP contribution in [0, 0.1) is 12.4 Å². The molecule has 2 fully saturated rings. The van der Waals surface area contributed by atoms with Crippen molar-refractivity contribution < 1.29 is 23.5 Å². The van der Waals surface area contributed by atoms with Gasteiger partial charge in [-0.1, -0.05) is 24.3 Å². The Bertz CT molecular complexity index is 1540. The monoisotopic (exact) mass is 553 g/mol. The summed E-state index contributed by atoms with van der Waals surface area (Å²) in [5.41, 5.74) is 3.15. The van der Waals surface area contributed by atoms with Crippen molar-refractivity contribution in [1.29, 1.82) is 0 Å². The van der Waals surface area contributed by atoms with Gasteiger partial charge in [0.15, 0.2) is 5.69 Å². The van der Waals surface area contributed by atoms with Gasteiger partial charge in [-0.05, 0) is 53.9 Å². The fraction of sp³-hybridized carbons (Fsp3) is 0.290. The molecular weight excluding hydrogens is 525 g/mol. The van der Waals surface area contributed by atoms with E-state index in [1.54, 1.807) is 30.3 Å². The second-order valence-electron chi connectivity index (χ2n) is 10.5. The quantitative estimate of drug-likeness (QED) is 0.363. The highest BCUT2D eigenvalue weighted by atomic mass is 19.1. The maximum absolute atomic E-state index is 15.2. The van der Waals surface area contributed by atoms with Crippen molar-refractivity contribution in [3.63, 3.8) is 0 Å². The van der Waals surface area contributed by atoms with E-state index in [1.807, 2.05) is 29.2 Å². The van der Waals surface area contributed by atoms with E-state index in [0.29, 0.717) is 35.8 Å². The van der Waals surface area contributed by atoms with Crippen LogP contribution in [0.25, 0.3) is 4.85 Å². The number of carbonyl (C=O) groups excluding carboxylic acids is 3. The van der Waals surface area contributed by atoms with Gasteiger partial charge in [0.25, 0.3) is 5.91 Å². The van der Waals surface area contributed by atoms with Gasteiger partial charge >= 0.3 is 0 Å². The molecule has 3 aromatic rings. The van der Waals surface area contributed by atoms with Crippen molar-refractivity contribution in [2.24, 2.45) is 0 Å². The Balaban J connectivity index is 1.05. The van der Waals surface area contributed by atoms with Gasteiger partial charge in [0.1, 0.15) is 23.4 Å². The summed E-state index contributed by atoms with van der Waals surface area (Å²) in [6.07, 6.45) is 0.452. The summed E-state index contributed by atoms with van der Waals surface area (Å²) in [6, 6.07) is 17.2. The van der Waals surface area contributed by atoms with Gasteiger partial charge in [-0.25, -0.2) is 9.24 Å². The molecule has 2 saturated heterocycles. The molecule has 3 heterocycles. The number of ether oxygens (including phenoxy) is 1. The van der Waals surface area contributed by atoms with Gasteiger partial charge in [0.2, 0.25) is 11.8 Å². The molecule has 1 N–H and O–H groups in total. The van der Waals surface area contributed by atoms with E-state index < -0.39 is 17.8 Å². The molecule has 1 unspecified atom stereocenters. The van der Waals surface area contributed by atoms with Gasteiger partial charge in [-0.15, -0.1) is 0 Å². The van der Waals surface area contributed by atoms with E-state index in [0.717, 1.165) is 30.9 Å². The third kappa shape index (κ3) is 5.49. The third-order valence-electron chi connectivity index (χ3n) is 7.83. The minimum Gasteiger partial charge on any atom is -0.457 e. The zero-order chi connectivity index (χ0) is 28.5. The van der Waals surface area contributed by atoms with Crippen molar-refractivity contribution in [2.75, 3.05) is 31.1 Å². The standard InChI is InChI=1S/C31H28FN5O4/c1-33-22-4-8-24(9-5-22)41-23-6-2-20(3-7-23)18-35-12-14-36(15-13-35)28-16-21-19-37(31(40)25(21)17-26(28)32)27-10-11-29(38)34-30(27)39/h2-9,16-17,27H,10-15,18-19H2,(H,34,38,39). The number of rotatable bonds is 6. The second-order valence-corrected chi connectivity index (χ2v) is 10.5. The van der Waals surface area contributed by atoms with Crippen LogP contribution in [0.15, 0.2) is 60.7 Å². The van der Waals surface area contributed by atoms with E-state index in [4.69, 9.17) is 11.3 Å². The Hall–Kier alpha value is -4.75. The van der Waals surface area contributed by atoms with Crippen LogP contribution >= 0.6 is 0 Å². The van der Waals surface area contributed by atoms with Crippen LogP contribution < -0.4 is 15.0 Å². The Morgan fingerprint density at radius 3 is 2.29 bits per heavy atom. The molecule has 6 rings (SSSR count). The highest BCUT2D eigenvalue weighted by molar-refractivity contribution is 6.05. The summed E-state index contributed by atoms with van der Waals surface area (Å²) in [6.45, 7) is 10.8. The molecule has 3 aliphatic heterocycles. The highest BCUT2D eigenvalue weighted by Gasteiger charge is 2.40. The molecule has 41 heavy (non-hydrogen) atoms. The molecule has 1 atom stereocenters. The van der Waals surface area contributed by atoms with Crippen LogP contribution in [-0.4, -0.2) is 59.7 Å². The molecule has 10 heteroatoms. The molecule has 0 saturated carbocycles. The molecule has 0 radical (unpaired) electrons. The van der Waals surface area contributed by atoms with Crippen LogP contribution in [0.3, 0.4) is 0 Å². The minimum absolute atomic E-state index is 0.178. The maximum atomic E-state index is 15.2. The number of halogens is 1. The van der Waals surface area contributed by atoms with Crippen molar-refractivity contribution in [1.82, 2.24) is 15.1 Å². The number of imide groups is 1. The summed E-state index contributed by atoms with van der Waals surface area (Å²) in [7, 11) is 0. The number of fused-ring (bicyclic) bond motifs is 1. The van der Waals surface area contributed by atoms with Crippen LogP contribution in [0.2, 0.25) is 0 Å². The van der Waals surface area contributed by atoms with Crippen LogP contribution in [0.5, 0.6) is 11.5 Å². The lowest BCUT2D eigenvalue weighted by atomic mass is 10.0. The number of anilines is 1. The number of piperidine rings is 1. The fourth-order valence-corrected chi connectivity index (χ4v) is 5.61. The summed E-state index contributed by atoms with van der Waals surface area (Å²) in [4.78, 5) is 45.9. The molecular formula is C31H28FN5O4. The number of nitrogens with zero attached hydrogens (tertiary/aromatic N) is 4. The number of hydrogen-bond donors (Lipinski definition) is 1. The molecule has 0 aromatic heterocycles. The number of hydrogen-bond acceptors (Lipinski definition) is 6. The van der Waals surface area contributed by atoms with Crippen LogP contribution in [-0.2, 0) is 22.7 Å². The van der Waals surface area contributed by atoms with Crippen molar-refractivity contribution in [3.05, 3.63) is 94.6 Å². The lowest BCUT2D eigenvalue weighted by Gasteiger charge is -2.36. The summed E-state index contributed by atoms with van der Waals surface area (Å²) >= 11 is 0. The zero-order valence-corrected chi connectivity index (χ0v) is 22.3. The molecule has 0 spiro atoms. The van der Waals surface area contributed by atoms with Gasteiger partial charge in [-0.3, -0.25) is 24.6 Å². The Labute approximate surface area is 236 Å². The van der Waals surface area contributed by atoms with E-state index >= 15 is 4.39 Å². The first-order valence-corrected chi connectivity index (χ1v) is 13.6. The second kappa shape index (κ2) is 11.0. The zero-order valence-electron chi connectivity index (χ0n) is 22.3. The Morgan fingerprint density at radius 1 is 0.951 bits per heavy atom. The lowest BCUT2D eigenvalue weighted by Crippen LogP contribution is -2.52. The van der Waals surface area contributed by atoms with E-state index in [9.17, 15) is 14.4 Å². The molecule has 0 bridgehead atoms. The SMILES string of the molecule is [C-]#[N+]c1ccc(Oc2ccc(CN3CCN(c4cc5c(cc4F)C(=O)N(C4CCC(=O)NC4=O)C5)CC3)cc2)cc1.